The molecular formula is C13H13NO2. The molecule has 1 aromatic carbocycles. The Labute approximate surface area is 93.8 Å². The molecule has 0 spiro atoms. The summed E-state index contributed by atoms with van der Waals surface area (Å²) in [7, 11) is 0. The number of carbonyl (C=O) groups excluding carboxylic acids is 1. The van der Waals surface area contributed by atoms with Gasteiger partial charge in [-0.3, -0.25) is 4.79 Å². The lowest BCUT2D eigenvalue weighted by Gasteiger charge is -2.07. The van der Waals surface area contributed by atoms with E-state index in [1.54, 1.807) is 12.1 Å². The zero-order valence-electron chi connectivity index (χ0n) is 8.92. The van der Waals surface area contributed by atoms with Crippen molar-refractivity contribution in [3.8, 4) is 5.75 Å². The molecule has 1 aliphatic heterocycles. The molecule has 2 aliphatic rings. The minimum absolute atomic E-state index is 0.191. The van der Waals surface area contributed by atoms with E-state index < -0.39 is 0 Å². The Kier molecular flexibility index (Phi) is 1.99. The molecular weight excluding hydrogens is 202 g/mol. The Bertz CT molecular complexity index is 503. The van der Waals surface area contributed by atoms with Crippen LogP contribution in [0.2, 0.25) is 0 Å². The molecule has 0 saturated carbocycles. The second-order valence-electron chi connectivity index (χ2n) is 4.29. The summed E-state index contributed by atoms with van der Waals surface area (Å²) in [6.07, 6.45) is 2.30. The van der Waals surface area contributed by atoms with Crippen LogP contribution in [0.15, 0.2) is 23.9 Å². The number of ketones is 1. The first-order valence-corrected chi connectivity index (χ1v) is 5.58. The second kappa shape index (κ2) is 3.37. The van der Waals surface area contributed by atoms with Gasteiger partial charge in [-0.1, -0.05) is 6.07 Å². The van der Waals surface area contributed by atoms with Crippen LogP contribution in [0, 0.1) is 0 Å². The van der Waals surface area contributed by atoms with E-state index >= 15 is 0 Å². The number of hydrogen-bond donors (Lipinski definition) is 2. The Morgan fingerprint density at radius 2 is 2.06 bits per heavy atom. The van der Waals surface area contributed by atoms with E-state index in [0.29, 0.717) is 6.42 Å². The summed E-state index contributed by atoms with van der Waals surface area (Å²) in [6.45, 7) is 0.865. The van der Waals surface area contributed by atoms with Crippen molar-refractivity contribution in [3.05, 3.63) is 35.0 Å². The smallest absolute Gasteiger partial charge is 0.165 e. The fourth-order valence-electron chi connectivity index (χ4n) is 2.51. The van der Waals surface area contributed by atoms with Crippen molar-refractivity contribution in [2.75, 3.05) is 6.54 Å². The van der Waals surface area contributed by atoms with Gasteiger partial charge in [-0.15, -0.1) is 0 Å². The predicted octanol–water partition coefficient (Wildman–Crippen LogP) is 1.61. The van der Waals surface area contributed by atoms with Gasteiger partial charge in [0.25, 0.3) is 0 Å². The third-order valence-corrected chi connectivity index (χ3v) is 3.28. The zero-order valence-corrected chi connectivity index (χ0v) is 8.92. The van der Waals surface area contributed by atoms with Crippen LogP contribution in [0.3, 0.4) is 0 Å². The molecule has 1 aromatic rings. The summed E-state index contributed by atoms with van der Waals surface area (Å²) in [5, 5.41) is 12.8. The number of phenols is 1. The standard InChI is InChI=1S/C13H13NO2/c15-9-2-1-8-5-6-14-11-3-4-12(16)13(11)10(8)7-9/h1-2,7,14-15H,3-6H2. The molecule has 3 nitrogen and oxygen atoms in total. The monoisotopic (exact) mass is 215 g/mol. The Hall–Kier alpha value is -1.77. The SMILES string of the molecule is O=C1CCC2=C1c1cc(O)ccc1CCN2. The average molecular weight is 215 g/mol. The van der Waals surface area contributed by atoms with E-state index in [-0.39, 0.29) is 11.5 Å². The maximum absolute atomic E-state index is 11.9. The highest BCUT2D eigenvalue weighted by Crippen LogP contribution is 2.35. The van der Waals surface area contributed by atoms with Crippen LogP contribution in [0.4, 0.5) is 0 Å². The summed E-state index contributed by atoms with van der Waals surface area (Å²) >= 11 is 0. The van der Waals surface area contributed by atoms with Gasteiger partial charge in [-0.25, -0.2) is 0 Å². The lowest BCUT2D eigenvalue weighted by atomic mass is 9.97. The lowest BCUT2D eigenvalue weighted by molar-refractivity contribution is -0.113. The normalized spacial score (nSPS) is 18.9. The van der Waals surface area contributed by atoms with Crippen LogP contribution in [0.1, 0.15) is 24.0 Å². The number of fused-ring (bicyclic) bond motifs is 2. The Morgan fingerprint density at radius 1 is 1.19 bits per heavy atom. The molecule has 82 valence electrons. The highest BCUT2D eigenvalue weighted by atomic mass is 16.3. The summed E-state index contributed by atoms with van der Waals surface area (Å²) in [5.74, 6) is 0.420. The molecule has 0 unspecified atom stereocenters. The molecule has 0 bridgehead atoms. The van der Waals surface area contributed by atoms with E-state index in [4.69, 9.17) is 0 Å². The molecule has 3 heteroatoms. The summed E-state index contributed by atoms with van der Waals surface area (Å²) < 4.78 is 0. The number of phenolic OH excluding ortho intramolecular Hbond substituents is 1. The number of allylic oxidation sites excluding steroid dienone is 2. The number of nitrogens with one attached hydrogen (secondary N) is 1. The summed E-state index contributed by atoms with van der Waals surface area (Å²) in [5.41, 5.74) is 3.91. The molecule has 2 N–H and O–H groups in total. The van der Waals surface area contributed by atoms with Crippen molar-refractivity contribution in [1.29, 1.82) is 0 Å². The average Bonchev–Trinajstić information content (AvgIpc) is 2.53. The van der Waals surface area contributed by atoms with Crippen molar-refractivity contribution in [1.82, 2.24) is 5.32 Å². The highest BCUT2D eigenvalue weighted by molar-refractivity contribution is 6.24. The first-order chi connectivity index (χ1) is 7.75. The van der Waals surface area contributed by atoms with Gasteiger partial charge in [0.1, 0.15) is 5.75 Å². The van der Waals surface area contributed by atoms with Crippen LogP contribution in [0.5, 0.6) is 5.75 Å². The second-order valence-corrected chi connectivity index (χ2v) is 4.29. The summed E-state index contributed by atoms with van der Waals surface area (Å²) in [4.78, 5) is 11.9. The number of aromatic hydroxyl groups is 1. The van der Waals surface area contributed by atoms with Gasteiger partial charge in [-0.2, -0.15) is 0 Å². The van der Waals surface area contributed by atoms with Crippen LogP contribution in [-0.2, 0) is 11.2 Å². The molecule has 3 rings (SSSR count). The Morgan fingerprint density at radius 3 is 2.94 bits per heavy atom. The number of rotatable bonds is 0. The molecule has 16 heavy (non-hydrogen) atoms. The van der Waals surface area contributed by atoms with Crippen molar-refractivity contribution < 1.29 is 9.90 Å². The first kappa shape index (κ1) is 9.46. The number of carbonyl (C=O) groups is 1. The fourth-order valence-corrected chi connectivity index (χ4v) is 2.51. The molecule has 0 atom stereocenters. The molecule has 1 aliphatic carbocycles. The zero-order chi connectivity index (χ0) is 11.1. The van der Waals surface area contributed by atoms with Crippen LogP contribution >= 0.6 is 0 Å². The van der Waals surface area contributed by atoms with Crippen molar-refractivity contribution in [3.63, 3.8) is 0 Å². The van der Waals surface area contributed by atoms with E-state index in [1.165, 1.54) is 0 Å². The van der Waals surface area contributed by atoms with E-state index in [2.05, 4.69) is 5.32 Å². The lowest BCUT2D eigenvalue weighted by Crippen LogP contribution is -2.13. The van der Waals surface area contributed by atoms with E-state index in [0.717, 1.165) is 41.8 Å². The topological polar surface area (TPSA) is 49.3 Å². The van der Waals surface area contributed by atoms with Gasteiger partial charge in [0, 0.05) is 24.2 Å². The maximum atomic E-state index is 11.9. The third kappa shape index (κ3) is 1.32. The molecule has 0 fully saturated rings. The van der Waals surface area contributed by atoms with Crippen molar-refractivity contribution in [2.24, 2.45) is 0 Å². The summed E-state index contributed by atoms with van der Waals surface area (Å²) in [6, 6.07) is 5.30. The van der Waals surface area contributed by atoms with Crippen molar-refractivity contribution in [2.45, 2.75) is 19.3 Å². The molecule has 0 aromatic heterocycles. The van der Waals surface area contributed by atoms with Crippen LogP contribution < -0.4 is 5.32 Å². The van der Waals surface area contributed by atoms with E-state index in [9.17, 15) is 9.90 Å². The number of benzene rings is 1. The van der Waals surface area contributed by atoms with Crippen molar-refractivity contribution >= 4 is 11.4 Å². The predicted molar refractivity (Wildman–Crippen MR) is 61.0 cm³/mol. The van der Waals surface area contributed by atoms with Gasteiger partial charge in [0.15, 0.2) is 5.78 Å². The van der Waals surface area contributed by atoms with Gasteiger partial charge in [0.2, 0.25) is 0 Å². The Balaban J connectivity index is 2.23. The largest absolute Gasteiger partial charge is 0.508 e. The van der Waals surface area contributed by atoms with Crippen LogP contribution in [0.25, 0.3) is 5.57 Å². The molecule has 0 amide bonds. The maximum Gasteiger partial charge on any atom is 0.165 e. The minimum atomic E-state index is 0.191. The number of Topliss-reactive ketones (excluding diaryl/α,β-unsaturated/α-hetero) is 1. The minimum Gasteiger partial charge on any atom is -0.508 e. The van der Waals surface area contributed by atoms with Gasteiger partial charge >= 0.3 is 0 Å². The number of hydrogen-bond acceptors (Lipinski definition) is 3. The molecule has 0 radical (unpaired) electrons. The van der Waals surface area contributed by atoms with Gasteiger partial charge < -0.3 is 10.4 Å². The van der Waals surface area contributed by atoms with E-state index in [1.807, 2.05) is 6.07 Å². The fraction of sp³-hybridized carbons (Fsp3) is 0.308. The van der Waals surface area contributed by atoms with Gasteiger partial charge in [0.05, 0.1) is 0 Å². The highest BCUT2D eigenvalue weighted by Gasteiger charge is 2.27. The molecule has 1 heterocycles. The van der Waals surface area contributed by atoms with Crippen LogP contribution in [-0.4, -0.2) is 17.4 Å². The van der Waals surface area contributed by atoms with Gasteiger partial charge in [-0.05, 0) is 36.1 Å². The molecule has 0 saturated heterocycles. The quantitative estimate of drug-likeness (QED) is 0.691. The third-order valence-electron chi connectivity index (χ3n) is 3.28. The first-order valence-electron chi connectivity index (χ1n) is 5.58.